The molecule has 0 bridgehead atoms. The number of halogens is 2. The Hall–Kier alpha value is -1.31. The zero-order valence-corrected chi connectivity index (χ0v) is 18.1. The molecule has 5 nitrogen and oxygen atoms in total. The highest BCUT2D eigenvalue weighted by Crippen LogP contribution is 2.24. The summed E-state index contributed by atoms with van der Waals surface area (Å²) in [6.07, 6.45) is 0.802. The van der Waals surface area contributed by atoms with Gasteiger partial charge in [-0.2, -0.15) is 0 Å². The smallest absolute Gasteiger partial charge is 0.218 e. The maximum Gasteiger partial charge on any atom is 0.218 e. The topological polar surface area (TPSA) is 49.9 Å². The maximum atomic E-state index is 12.9. The number of sulfonamides is 1. The van der Waals surface area contributed by atoms with Crippen LogP contribution >= 0.6 is 23.2 Å². The number of benzene rings is 2. The molecule has 1 fully saturated rings. The van der Waals surface area contributed by atoms with Gasteiger partial charge in [0.05, 0.1) is 22.9 Å². The summed E-state index contributed by atoms with van der Waals surface area (Å²) in [5.74, 6) is 0.765. The van der Waals surface area contributed by atoms with Gasteiger partial charge in [-0.15, -0.1) is 0 Å². The van der Waals surface area contributed by atoms with Crippen molar-refractivity contribution >= 4 is 33.2 Å². The standard InChI is InChI=1S/C20H24Cl2N2O3S/c1-27-18-6-3-16(4-7-18)14-23-9-2-10-24(12-11-23)28(25,26)15-17-5-8-19(21)20(22)13-17/h3-8,13H,2,9-12,14-15H2,1H3. The van der Waals surface area contributed by atoms with Gasteiger partial charge < -0.3 is 4.74 Å². The van der Waals surface area contributed by atoms with Crippen molar-refractivity contribution < 1.29 is 13.2 Å². The lowest BCUT2D eigenvalue weighted by Gasteiger charge is -2.22. The molecule has 0 spiro atoms. The number of rotatable bonds is 6. The number of nitrogens with zero attached hydrogens (tertiary/aromatic N) is 2. The molecule has 0 N–H and O–H groups in total. The van der Waals surface area contributed by atoms with Crippen LogP contribution in [0.4, 0.5) is 0 Å². The lowest BCUT2D eigenvalue weighted by atomic mass is 10.2. The van der Waals surface area contributed by atoms with E-state index in [1.807, 2.05) is 24.3 Å². The van der Waals surface area contributed by atoms with Crippen LogP contribution in [0.25, 0.3) is 0 Å². The minimum atomic E-state index is -3.41. The van der Waals surface area contributed by atoms with Crippen molar-refractivity contribution in [2.75, 3.05) is 33.3 Å². The van der Waals surface area contributed by atoms with Crippen molar-refractivity contribution in [2.45, 2.75) is 18.7 Å². The Morgan fingerprint density at radius 2 is 1.64 bits per heavy atom. The maximum absolute atomic E-state index is 12.9. The molecule has 2 aromatic carbocycles. The molecule has 0 aromatic heterocycles. The molecule has 0 aliphatic carbocycles. The van der Waals surface area contributed by atoms with Crippen LogP contribution in [0.15, 0.2) is 42.5 Å². The summed E-state index contributed by atoms with van der Waals surface area (Å²) in [5, 5.41) is 0.794. The van der Waals surface area contributed by atoms with E-state index >= 15 is 0 Å². The van der Waals surface area contributed by atoms with Gasteiger partial charge in [-0.3, -0.25) is 4.90 Å². The van der Waals surface area contributed by atoms with Crippen molar-refractivity contribution in [3.05, 3.63) is 63.6 Å². The first kappa shape index (κ1) is 21.4. The summed E-state index contributed by atoms with van der Waals surface area (Å²) >= 11 is 11.9. The summed E-state index contributed by atoms with van der Waals surface area (Å²) in [6.45, 7) is 3.38. The quantitative estimate of drug-likeness (QED) is 0.676. The van der Waals surface area contributed by atoms with Crippen molar-refractivity contribution in [1.29, 1.82) is 0 Å². The molecule has 0 atom stereocenters. The second kappa shape index (κ2) is 9.46. The third-order valence-electron chi connectivity index (χ3n) is 4.84. The molecule has 0 saturated carbocycles. The van der Waals surface area contributed by atoms with Gasteiger partial charge in [0.1, 0.15) is 5.75 Å². The molecule has 0 radical (unpaired) electrons. The minimum absolute atomic E-state index is 0.0671. The normalized spacial score (nSPS) is 16.7. The fraction of sp³-hybridized carbons (Fsp3) is 0.400. The van der Waals surface area contributed by atoms with Crippen molar-refractivity contribution in [2.24, 2.45) is 0 Å². The van der Waals surface area contributed by atoms with Gasteiger partial charge in [-0.05, 0) is 48.4 Å². The Kier molecular flexibility index (Phi) is 7.23. The van der Waals surface area contributed by atoms with Gasteiger partial charge >= 0.3 is 0 Å². The van der Waals surface area contributed by atoms with Gasteiger partial charge in [0.2, 0.25) is 10.0 Å². The van der Waals surface area contributed by atoms with E-state index in [1.54, 1.807) is 29.6 Å². The molecular formula is C20H24Cl2N2O3S. The second-order valence-electron chi connectivity index (χ2n) is 6.88. The van der Waals surface area contributed by atoms with Crippen LogP contribution in [0, 0.1) is 0 Å². The average molecular weight is 443 g/mol. The third-order valence-corrected chi connectivity index (χ3v) is 7.43. The van der Waals surface area contributed by atoms with Gasteiger partial charge in [0.15, 0.2) is 0 Å². The zero-order valence-electron chi connectivity index (χ0n) is 15.8. The van der Waals surface area contributed by atoms with Crippen LogP contribution in [0.3, 0.4) is 0 Å². The first-order valence-corrected chi connectivity index (χ1v) is 11.5. The molecule has 8 heteroatoms. The number of hydrogen-bond donors (Lipinski definition) is 0. The fourth-order valence-electron chi connectivity index (χ4n) is 3.30. The predicted molar refractivity (Wildman–Crippen MR) is 114 cm³/mol. The van der Waals surface area contributed by atoms with E-state index in [-0.39, 0.29) is 5.75 Å². The highest BCUT2D eigenvalue weighted by Gasteiger charge is 2.25. The van der Waals surface area contributed by atoms with E-state index in [4.69, 9.17) is 27.9 Å². The van der Waals surface area contributed by atoms with Gasteiger partial charge in [-0.1, -0.05) is 41.4 Å². The first-order chi connectivity index (χ1) is 13.4. The summed E-state index contributed by atoms with van der Waals surface area (Å²) in [7, 11) is -1.76. The van der Waals surface area contributed by atoms with E-state index in [0.717, 1.165) is 25.3 Å². The van der Waals surface area contributed by atoms with Crippen molar-refractivity contribution in [3.8, 4) is 5.75 Å². The van der Waals surface area contributed by atoms with E-state index in [1.165, 1.54) is 5.56 Å². The van der Waals surface area contributed by atoms with Crippen molar-refractivity contribution in [3.63, 3.8) is 0 Å². The van der Waals surface area contributed by atoms with Crippen molar-refractivity contribution in [1.82, 2.24) is 9.21 Å². The second-order valence-corrected chi connectivity index (χ2v) is 9.66. The molecule has 3 rings (SSSR count). The lowest BCUT2D eigenvalue weighted by molar-refractivity contribution is 0.278. The van der Waals surface area contributed by atoms with Crippen LogP contribution < -0.4 is 4.74 Å². The molecule has 0 unspecified atom stereocenters. The Labute approximate surface area is 176 Å². The monoisotopic (exact) mass is 442 g/mol. The lowest BCUT2D eigenvalue weighted by Crippen LogP contribution is -2.35. The molecule has 1 saturated heterocycles. The van der Waals surface area contributed by atoms with Crippen LogP contribution in [-0.2, 0) is 22.3 Å². The fourth-order valence-corrected chi connectivity index (χ4v) is 5.18. The Morgan fingerprint density at radius 1 is 0.929 bits per heavy atom. The van der Waals surface area contributed by atoms with E-state index < -0.39 is 10.0 Å². The summed E-state index contributed by atoms with van der Waals surface area (Å²) in [4.78, 5) is 2.29. The number of ether oxygens (including phenoxy) is 1. The van der Waals surface area contributed by atoms with E-state index in [9.17, 15) is 8.42 Å². The average Bonchev–Trinajstić information content (AvgIpc) is 2.91. The summed E-state index contributed by atoms with van der Waals surface area (Å²) in [6, 6.07) is 12.9. The SMILES string of the molecule is COc1ccc(CN2CCCN(S(=O)(=O)Cc3ccc(Cl)c(Cl)c3)CC2)cc1. The molecule has 1 heterocycles. The van der Waals surface area contributed by atoms with Crippen LogP contribution in [0.5, 0.6) is 5.75 Å². The first-order valence-electron chi connectivity index (χ1n) is 9.14. The highest BCUT2D eigenvalue weighted by atomic mass is 35.5. The largest absolute Gasteiger partial charge is 0.497 e. The van der Waals surface area contributed by atoms with E-state index in [0.29, 0.717) is 35.2 Å². The third kappa shape index (κ3) is 5.61. The zero-order chi connectivity index (χ0) is 20.1. The molecule has 2 aromatic rings. The van der Waals surface area contributed by atoms with Crippen LogP contribution in [0.2, 0.25) is 10.0 Å². The van der Waals surface area contributed by atoms with Gasteiger partial charge in [-0.25, -0.2) is 12.7 Å². The molecule has 152 valence electrons. The molecular weight excluding hydrogens is 419 g/mol. The minimum Gasteiger partial charge on any atom is -0.497 e. The molecule has 1 aliphatic rings. The Morgan fingerprint density at radius 3 is 2.32 bits per heavy atom. The van der Waals surface area contributed by atoms with Crippen LogP contribution in [-0.4, -0.2) is 50.9 Å². The highest BCUT2D eigenvalue weighted by molar-refractivity contribution is 7.88. The van der Waals surface area contributed by atoms with Crippen LogP contribution in [0.1, 0.15) is 17.5 Å². The van der Waals surface area contributed by atoms with E-state index in [2.05, 4.69) is 4.90 Å². The number of methoxy groups -OCH3 is 1. The van der Waals surface area contributed by atoms with Gasteiger partial charge in [0.25, 0.3) is 0 Å². The molecule has 0 amide bonds. The van der Waals surface area contributed by atoms with Gasteiger partial charge in [0, 0.05) is 26.2 Å². The Balaban J connectivity index is 1.60. The summed E-state index contributed by atoms with van der Waals surface area (Å²) in [5.41, 5.74) is 1.83. The summed E-state index contributed by atoms with van der Waals surface area (Å²) < 4.78 is 32.5. The molecule has 28 heavy (non-hydrogen) atoms. The molecule has 1 aliphatic heterocycles. The Bertz CT molecular complexity index is 904. The predicted octanol–water partition coefficient (Wildman–Crippen LogP) is 4.04. The number of hydrogen-bond acceptors (Lipinski definition) is 4.